The molecular weight excluding hydrogens is 314 g/mol. The fourth-order valence-corrected chi connectivity index (χ4v) is 3.27. The van der Waals surface area contributed by atoms with Crippen LogP contribution in [0.25, 0.3) is 16.8 Å². The van der Waals surface area contributed by atoms with Crippen LogP contribution >= 0.6 is 0 Å². The summed E-state index contributed by atoms with van der Waals surface area (Å²) in [5, 5.41) is 5.33. The third kappa shape index (κ3) is 4.67. The molecule has 5 nitrogen and oxygen atoms in total. The lowest BCUT2D eigenvalue weighted by molar-refractivity contribution is -0.120. The highest BCUT2D eigenvalue weighted by atomic mass is 16.2. The lowest BCUT2D eigenvalue weighted by atomic mass is 10.0. The van der Waals surface area contributed by atoms with Crippen molar-refractivity contribution in [1.29, 1.82) is 0 Å². The first-order chi connectivity index (χ1) is 12.1. The molecule has 5 heteroatoms. The molecule has 2 amide bonds. The number of nitrogens with two attached hydrogens (primary N) is 1. The number of likely N-dealkylation sites (tertiary alicyclic amines) is 1. The maximum absolute atomic E-state index is 12.2. The molecule has 0 atom stereocenters. The first kappa shape index (κ1) is 17.2. The lowest BCUT2D eigenvalue weighted by Gasteiger charge is -2.31. The van der Waals surface area contributed by atoms with E-state index in [2.05, 4.69) is 23.5 Å². The van der Waals surface area contributed by atoms with E-state index in [9.17, 15) is 9.59 Å². The van der Waals surface area contributed by atoms with Gasteiger partial charge in [0.2, 0.25) is 11.8 Å². The molecule has 0 aliphatic carbocycles. The van der Waals surface area contributed by atoms with E-state index in [1.165, 1.54) is 0 Å². The number of piperidine rings is 1. The van der Waals surface area contributed by atoms with Gasteiger partial charge in [-0.1, -0.05) is 42.5 Å². The maximum Gasteiger partial charge on any atom is 0.244 e. The van der Waals surface area contributed by atoms with Crippen molar-refractivity contribution in [3.63, 3.8) is 0 Å². The van der Waals surface area contributed by atoms with Gasteiger partial charge < -0.3 is 11.1 Å². The quantitative estimate of drug-likeness (QED) is 0.819. The lowest BCUT2D eigenvalue weighted by Crippen LogP contribution is -2.46. The number of nitrogens with zero attached hydrogens (tertiary/aromatic N) is 1. The van der Waals surface area contributed by atoms with Crippen LogP contribution in [0.3, 0.4) is 0 Å². The van der Waals surface area contributed by atoms with E-state index >= 15 is 0 Å². The minimum absolute atomic E-state index is 0.0821. The normalized spacial score (nSPS) is 16.3. The number of hydrogen-bond acceptors (Lipinski definition) is 3. The van der Waals surface area contributed by atoms with Gasteiger partial charge in [0.15, 0.2) is 0 Å². The standard InChI is InChI=1S/C20H23N3O2/c21-19(24)14-23-12-10-17(11-13-23)22-20(25)9-8-16-6-3-5-15-4-1-2-7-18(15)16/h1-9,17H,10-14H2,(H2,21,24)(H,22,25). The summed E-state index contributed by atoms with van der Waals surface area (Å²) in [6.07, 6.45) is 5.12. The summed E-state index contributed by atoms with van der Waals surface area (Å²) >= 11 is 0. The molecule has 3 N–H and O–H groups in total. The minimum atomic E-state index is -0.305. The largest absolute Gasteiger partial charge is 0.369 e. The van der Waals surface area contributed by atoms with Crippen LogP contribution in [-0.4, -0.2) is 42.4 Å². The van der Waals surface area contributed by atoms with Crippen molar-refractivity contribution in [3.05, 3.63) is 54.1 Å². The van der Waals surface area contributed by atoms with Crippen molar-refractivity contribution in [2.75, 3.05) is 19.6 Å². The van der Waals surface area contributed by atoms with Crippen LogP contribution in [0, 0.1) is 0 Å². The van der Waals surface area contributed by atoms with E-state index < -0.39 is 0 Å². The van der Waals surface area contributed by atoms with Crippen LogP contribution in [0.4, 0.5) is 0 Å². The van der Waals surface area contributed by atoms with Gasteiger partial charge in [-0.3, -0.25) is 14.5 Å². The number of rotatable bonds is 5. The SMILES string of the molecule is NC(=O)CN1CCC(NC(=O)C=Cc2cccc3ccccc23)CC1. The molecule has 1 saturated heterocycles. The average Bonchev–Trinajstić information content (AvgIpc) is 2.61. The van der Waals surface area contributed by atoms with Crippen molar-refractivity contribution in [3.8, 4) is 0 Å². The Morgan fingerprint density at radius 3 is 2.60 bits per heavy atom. The fourth-order valence-electron chi connectivity index (χ4n) is 3.27. The van der Waals surface area contributed by atoms with Crippen molar-refractivity contribution in [1.82, 2.24) is 10.2 Å². The van der Waals surface area contributed by atoms with E-state index in [1.807, 2.05) is 35.2 Å². The second-order valence-electron chi connectivity index (χ2n) is 6.43. The number of fused-ring (bicyclic) bond motifs is 1. The Morgan fingerprint density at radius 1 is 1.12 bits per heavy atom. The molecule has 1 heterocycles. The molecule has 130 valence electrons. The second kappa shape index (κ2) is 7.94. The van der Waals surface area contributed by atoms with E-state index in [0.29, 0.717) is 6.54 Å². The minimum Gasteiger partial charge on any atom is -0.369 e. The summed E-state index contributed by atoms with van der Waals surface area (Å²) in [6, 6.07) is 14.3. The molecule has 0 saturated carbocycles. The van der Waals surface area contributed by atoms with Gasteiger partial charge in [0.05, 0.1) is 6.54 Å². The number of hydrogen-bond donors (Lipinski definition) is 2. The molecule has 0 aromatic heterocycles. The molecule has 1 aliphatic heterocycles. The second-order valence-corrected chi connectivity index (χ2v) is 6.43. The van der Waals surface area contributed by atoms with Crippen molar-refractivity contribution in [2.45, 2.75) is 18.9 Å². The predicted molar refractivity (Wildman–Crippen MR) is 99.8 cm³/mol. The summed E-state index contributed by atoms with van der Waals surface area (Å²) in [4.78, 5) is 25.2. The molecule has 2 aromatic carbocycles. The van der Waals surface area contributed by atoms with Crippen LogP contribution < -0.4 is 11.1 Å². The molecular formula is C20H23N3O2. The molecule has 0 radical (unpaired) electrons. The van der Waals surface area contributed by atoms with Gasteiger partial charge in [0, 0.05) is 25.2 Å². The van der Waals surface area contributed by atoms with Crippen LogP contribution in [0.1, 0.15) is 18.4 Å². The molecule has 1 aliphatic rings. The number of carbonyl (C=O) groups excluding carboxylic acids is 2. The fraction of sp³-hybridized carbons (Fsp3) is 0.300. The van der Waals surface area contributed by atoms with Crippen LogP contribution in [0.15, 0.2) is 48.5 Å². The molecule has 0 spiro atoms. The summed E-state index contributed by atoms with van der Waals surface area (Å²) in [5.74, 6) is -0.387. The Balaban J connectivity index is 1.56. The number of benzene rings is 2. The highest BCUT2D eigenvalue weighted by molar-refractivity contribution is 5.96. The van der Waals surface area contributed by atoms with Crippen molar-refractivity contribution >= 4 is 28.7 Å². The Kier molecular flexibility index (Phi) is 5.46. The van der Waals surface area contributed by atoms with Gasteiger partial charge >= 0.3 is 0 Å². The zero-order chi connectivity index (χ0) is 17.6. The van der Waals surface area contributed by atoms with E-state index in [4.69, 9.17) is 5.73 Å². The van der Waals surface area contributed by atoms with Crippen molar-refractivity contribution < 1.29 is 9.59 Å². The van der Waals surface area contributed by atoms with Gasteiger partial charge in [-0.15, -0.1) is 0 Å². The first-order valence-electron chi connectivity index (χ1n) is 8.59. The van der Waals surface area contributed by atoms with Crippen LogP contribution in [0.5, 0.6) is 0 Å². The summed E-state index contributed by atoms with van der Waals surface area (Å²) in [6.45, 7) is 1.85. The van der Waals surface area contributed by atoms with E-state index in [1.54, 1.807) is 6.08 Å². The van der Waals surface area contributed by atoms with Gasteiger partial charge in [0.1, 0.15) is 0 Å². The summed E-state index contributed by atoms with van der Waals surface area (Å²) < 4.78 is 0. The highest BCUT2D eigenvalue weighted by Gasteiger charge is 2.20. The van der Waals surface area contributed by atoms with Gasteiger partial charge in [0.25, 0.3) is 0 Å². The first-order valence-corrected chi connectivity index (χ1v) is 8.59. The summed E-state index contributed by atoms with van der Waals surface area (Å²) in [5.41, 5.74) is 6.25. The molecule has 3 rings (SSSR count). The third-order valence-corrected chi connectivity index (χ3v) is 4.55. The Bertz CT molecular complexity index is 787. The molecule has 0 unspecified atom stereocenters. The number of nitrogens with one attached hydrogen (secondary N) is 1. The third-order valence-electron chi connectivity index (χ3n) is 4.55. The molecule has 1 fully saturated rings. The van der Waals surface area contributed by atoms with E-state index in [-0.39, 0.29) is 17.9 Å². The average molecular weight is 337 g/mol. The number of carbonyl (C=O) groups is 2. The van der Waals surface area contributed by atoms with Gasteiger partial charge in [-0.2, -0.15) is 0 Å². The zero-order valence-electron chi connectivity index (χ0n) is 14.2. The monoisotopic (exact) mass is 337 g/mol. The Morgan fingerprint density at radius 2 is 1.84 bits per heavy atom. The zero-order valence-corrected chi connectivity index (χ0v) is 14.2. The molecule has 0 bridgehead atoms. The Labute approximate surface area is 147 Å². The maximum atomic E-state index is 12.2. The van der Waals surface area contributed by atoms with Crippen molar-refractivity contribution in [2.24, 2.45) is 5.73 Å². The molecule has 2 aromatic rings. The van der Waals surface area contributed by atoms with Gasteiger partial charge in [-0.05, 0) is 35.3 Å². The highest BCUT2D eigenvalue weighted by Crippen LogP contribution is 2.19. The smallest absolute Gasteiger partial charge is 0.244 e. The van der Waals surface area contributed by atoms with Gasteiger partial charge in [-0.25, -0.2) is 0 Å². The van der Waals surface area contributed by atoms with E-state index in [0.717, 1.165) is 42.3 Å². The number of amides is 2. The van der Waals surface area contributed by atoms with Crippen LogP contribution in [-0.2, 0) is 9.59 Å². The predicted octanol–water partition coefficient (Wildman–Crippen LogP) is 1.92. The topological polar surface area (TPSA) is 75.4 Å². The number of primary amides is 1. The molecule has 25 heavy (non-hydrogen) atoms. The Hall–Kier alpha value is -2.66. The van der Waals surface area contributed by atoms with Crippen LogP contribution in [0.2, 0.25) is 0 Å². The summed E-state index contributed by atoms with van der Waals surface area (Å²) in [7, 11) is 0.